The summed E-state index contributed by atoms with van der Waals surface area (Å²) in [5.74, 6) is -0.0844. The van der Waals surface area contributed by atoms with Crippen molar-refractivity contribution in [3.05, 3.63) is 54.4 Å². The maximum atomic E-state index is 13.2. The molecule has 0 aliphatic carbocycles. The Bertz CT molecular complexity index is 888. The first-order chi connectivity index (χ1) is 14.1. The van der Waals surface area contributed by atoms with Gasteiger partial charge in [-0.15, -0.1) is 0 Å². The fraction of sp³-hybridized carbons (Fsp3) is 0.458. The second kappa shape index (κ2) is 8.56. The maximum absolute atomic E-state index is 13.2. The van der Waals surface area contributed by atoms with Gasteiger partial charge in [0.05, 0.1) is 13.2 Å². The summed E-state index contributed by atoms with van der Waals surface area (Å²) in [7, 11) is 3.45. The predicted molar refractivity (Wildman–Crippen MR) is 117 cm³/mol. The van der Waals surface area contributed by atoms with Crippen molar-refractivity contribution in [2.24, 2.45) is 5.41 Å². The van der Waals surface area contributed by atoms with Crippen LogP contribution in [0.2, 0.25) is 0 Å². The van der Waals surface area contributed by atoms with E-state index >= 15 is 0 Å². The molecule has 1 aliphatic heterocycles. The van der Waals surface area contributed by atoms with Crippen molar-refractivity contribution in [1.82, 2.24) is 14.8 Å². The van der Waals surface area contributed by atoms with Gasteiger partial charge in [-0.05, 0) is 22.8 Å². The molecule has 0 bridgehead atoms. The first-order valence-electron chi connectivity index (χ1n) is 10.3. The maximum Gasteiger partial charge on any atom is 0.256 e. The molecule has 0 radical (unpaired) electrons. The fourth-order valence-electron chi connectivity index (χ4n) is 3.83. The summed E-state index contributed by atoms with van der Waals surface area (Å²) in [5, 5.41) is 0. The lowest BCUT2D eigenvalue weighted by molar-refractivity contribution is -0.175. The van der Waals surface area contributed by atoms with E-state index < -0.39 is 11.0 Å². The number of aromatic nitrogens is 1. The van der Waals surface area contributed by atoms with Crippen LogP contribution >= 0.6 is 0 Å². The molecule has 3 rings (SSSR count). The number of benzene rings is 1. The van der Waals surface area contributed by atoms with E-state index in [0.29, 0.717) is 19.6 Å². The molecule has 1 aromatic heterocycles. The van der Waals surface area contributed by atoms with Crippen molar-refractivity contribution in [2.75, 3.05) is 33.8 Å². The molecule has 2 amide bonds. The third-order valence-electron chi connectivity index (χ3n) is 5.35. The number of hydrogen-bond acceptors (Lipinski definition) is 4. The van der Waals surface area contributed by atoms with Gasteiger partial charge in [0.15, 0.2) is 5.60 Å². The predicted octanol–water partition coefficient (Wildman–Crippen LogP) is 3.02. The summed E-state index contributed by atoms with van der Waals surface area (Å²) in [5.41, 5.74) is 1.50. The zero-order chi connectivity index (χ0) is 21.9. The molecule has 0 unspecified atom stereocenters. The number of ether oxygens (including phenoxy) is 1. The van der Waals surface area contributed by atoms with E-state index in [0.717, 1.165) is 16.7 Å². The monoisotopic (exact) mass is 409 g/mol. The van der Waals surface area contributed by atoms with E-state index in [4.69, 9.17) is 4.74 Å². The smallest absolute Gasteiger partial charge is 0.256 e. The van der Waals surface area contributed by atoms with Crippen LogP contribution in [0.3, 0.4) is 0 Å². The number of rotatable bonds is 4. The number of pyridine rings is 1. The molecule has 0 saturated carbocycles. The number of carbonyl (C=O) groups is 2. The molecular weight excluding hydrogens is 378 g/mol. The summed E-state index contributed by atoms with van der Waals surface area (Å²) < 4.78 is 6.11. The Balaban J connectivity index is 1.87. The second-order valence-corrected chi connectivity index (χ2v) is 9.13. The molecule has 0 N–H and O–H groups in total. The number of amides is 2. The van der Waals surface area contributed by atoms with Gasteiger partial charge in [0.25, 0.3) is 5.91 Å². The summed E-state index contributed by atoms with van der Waals surface area (Å²) in [4.78, 5) is 33.6. The lowest BCUT2D eigenvalue weighted by Crippen LogP contribution is -2.62. The molecule has 1 aliphatic rings. The van der Waals surface area contributed by atoms with Gasteiger partial charge >= 0.3 is 0 Å². The Morgan fingerprint density at radius 3 is 2.40 bits per heavy atom. The van der Waals surface area contributed by atoms with Gasteiger partial charge in [0, 0.05) is 44.9 Å². The quantitative estimate of drug-likeness (QED) is 0.779. The zero-order valence-electron chi connectivity index (χ0n) is 18.5. The molecule has 1 atom stereocenters. The van der Waals surface area contributed by atoms with Crippen molar-refractivity contribution in [3.63, 3.8) is 0 Å². The number of morpholine rings is 1. The highest BCUT2D eigenvalue weighted by Gasteiger charge is 2.47. The van der Waals surface area contributed by atoms with Gasteiger partial charge in [0.1, 0.15) is 0 Å². The van der Waals surface area contributed by atoms with E-state index in [1.807, 2.05) is 63.4 Å². The van der Waals surface area contributed by atoms with Crippen molar-refractivity contribution in [3.8, 4) is 11.1 Å². The highest BCUT2D eigenvalue weighted by molar-refractivity contribution is 5.88. The molecule has 1 saturated heterocycles. The number of nitrogens with zero attached hydrogens (tertiary/aromatic N) is 3. The fourth-order valence-corrected chi connectivity index (χ4v) is 3.83. The zero-order valence-corrected chi connectivity index (χ0v) is 18.5. The summed E-state index contributed by atoms with van der Waals surface area (Å²) >= 11 is 0. The largest absolute Gasteiger partial charge is 0.361 e. The van der Waals surface area contributed by atoms with Gasteiger partial charge in [-0.2, -0.15) is 0 Å². The first-order valence-corrected chi connectivity index (χ1v) is 10.3. The average Bonchev–Trinajstić information content (AvgIpc) is 2.73. The molecule has 2 aromatic rings. The van der Waals surface area contributed by atoms with Gasteiger partial charge in [-0.3, -0.25) is 14.6 Å². The highest BCUT2D eigenvalue weighted by atomic mass is 16.5. The van der Waals surface area contributed by atoms with Crippen LogP contribution in [0, 0.1) is 5.41 Å². The number of likely N-dealkylation sites (N-methyl/N-ethyl adjacent to an activating group) is 1. The molecule has 1 fully saturated rings. The standard InChI is InChI=1S/C24H31N3O3/c1-23(2,3)21(28)27-13-14-30-24(17-27,22(29)26(4)5)15-18-8-10-19(11-9-18)20-7-6-12-25-16-20/h6-12,16H,13-15,17H2,1-5H3/t24-/m1/s1. The Morgan fingerprint density at radius 2 is 1.83 bits per heavy atom. The van der Waals surface area contributed by atoms with Gasteiger partial charge in [-0.1, -0.05) is 51.1 Å². The molecular formula is C24H31N3O3. The van der Waals surface area contributed by atoms with Crippen LogP contribution in [0.25, 0.3) is 11.1 Å². The highest BCUT2D eigenvalue weighted by Crippen LogP contribution is 2.29. The Labute approximate surface area is 178 Å². The van der Waals surface area contributed by atoms with Crippen LogP contribution in [0.1, 0.15) is 26.3 Å². The van der Waals surface area contributed by atoms with Crippen LogP contribution in [0.15, 0.2) is 48.8 Å². The molecule has 160 valence electrons. The van der Waals surface area contributed by atoms with E-state index in [9.17, 15) is 9.59 Å². The topological polar surface area (TPSA) is 62.7 Å². The van der Waals surface area contributed by atoms with E-state index in [1.54, 1.807) is 30.1 Å². The Morgan fingerprint density at radius 1 is 1.13 bits per heavy atom. The Kier molecular flexibility index (Phi) is 6.27. The second-order valence-electron chi connectivity index (χ2n) is 9.13. The summed E-state index contributed by atoms with van der Waals surface area (Å²) in [6.07, 6.45) is 3.98. The lowest BCUT2D eigenvalue weighted by atomic mass is 9.88. The first kappa shape index (κ1) is 22.0. The van der Waals surface area contributed by atoms with Crippen molar-refractivity contribution in [2.45, 2.75) is 32.8 Å². The van der Waals surface area contributed by atoms with Crippen LogP contribution in [-0.4, -0.2) is 66.0 Å². The molecule has 1 aromatic carbocycles. The van der Waals surface area contributed by atoms with Crippen molar-refractivity contribution < 1.29 is 14.3 Å². The molecule has 2 heterocycles. The van der Waals surface area contributed by atoms with Crippen LogP contribution in [0.4, 0.5) is 0 Å². The minimum Gasteiger partial charge on any atom is -0.361 e. The minimum atomic E-state index is -1.08. The SMILES string of the molecule is CN(C)C(=O)[C@@]1(Cc2ccc(-c3cccnc3)cc2)CN(C(=O)C(C)(C)C)CCO1. The normalized spacial score (nSPS) is 19.4. The van der Waals surface area contributed by atoms with Gasteiger partial charge < -0.3 is 14.5 Å². The van der Waals surface area contributed by atoms with Gasteiger partial charge in [0.2, 0.25) is 5.91 Å². The van der Waals surface area contributed by atoms with Crippen LogP contribution in [-0.2, 0) is 20.7 Å². The Hall–Kier alpha value is -2.73. The summed E-state index contributed by atoms with van der Waals surface area (Å²) in [6, 6.07) is 12.0. The molecule has 6 heteroatoms. The van der Waals surface area contributed by atoms with Crippen molar-refractivity contribution in [1.29, 1.82) is 0 Å². The van der Waals surface area contributed by atoms with Crippen molar-refractivity contribution >= 4 is 11.8 Å². The molecule has 0 spiro atoms. The lowest BCUT2D eigenvalue weighted by Gasteiger charge is -2.44. The van der Waals surface area contributed by atoms with E-state index in [1.165, 1.54) is 0 Å². The molecule has 30 heavy (non-hydrogen) atoms. The van der Waals surface area contributed by atoms with Crippen LogP contribution in [0.5, 0.6) is 0 Å². The minimum absolute atomic E-state index is 0.0358. The van der Waals surface area contributed by atoms with Crippen LogP contribution < -0.4 is 0 Å². The summed E-state index contributed by atoms with van der Waals surface area (Å²) in [6.45, 7) is 6.80. The van der Waals surface area contributed by atoms with E-state index in [-0.39, 0.29) is 18.4 Å². The number of hydrogen-bond donors (Lipinski definition) is 0. The third kappa shape index (κ3) is 4.70. The molecule has 6 nitrogen and oxygen atoms in total. The third-order valence-corrected chi connectivity index (χ3v) is 5.35. The average molecular weight is 410 g/mol. The van der Waals surface area contributed by atoms with Gasteiger partial charge in [-0.25, -0.2) is 0 Å². The van der Waals surface area contributed by atoms with E-state index in [2.05, 4.69) is 4.98 Å². The number of carbonyl (C=O) groups excluding carboxylic acids is 2.